The number of halogens is 2. The van der Waals surface area contributed by atoms with Gasteiger partial charge in [0.2, 0.25) is 5.91 Å². The molecule has 1 aliphatic heterocycles. The number of carboxylic acid groups (broad SMARTS) is 1. The monoisotopic (exact) mass is 329 g/mol. The summed E-state index contributed by atoms with van der Waals surface area (Å²) in [7, 11) is 0. The molecule has 7 heteroatoms. The number of ether oxygens (including phenoxy) is 1. The average Bonchev–Trinajstić information content (AvgIpc) is 2.88. The summed E-state index contributed by atoms with van der Waals surface area (Å²) in [4.78, 5) is 22.8. The first-order chi connectivity index (χ1) is 9.99. The van der Waals surface area contributed by atoms with Crippen molar-refractivity contribution in [1.82, 2.24) is 5.32 Å². The predicted octanol–water partition coefficient (Wildman–Crippen LogP) is 2.22. The molecule has 1 aliphatic rings. The molecule has 1 saturated heterocycles. The molecule has 2 atom stereocenters. The number of amides is 1. The average molecular weight is 330 g/mol. The molecule has 1 aromatic carbocycles. The Labute approximate surface area is 131 Å². The quantitative estimate of drug-likeness (QED) is 0.830. The van der Waals surface area contributed by atoms with Crippen LogP contribution in [-0.4, -0.2) is 36.2 Å². The number of hydrogen-bond donors (Lipinski definition) is 2. The van der Waals surface area contributed by atoms with Crippen LogP contribution in [0.3, 0.4) is 0 Å². The maximum Gasteiger partial charge on any atom is 0.311 e. The van der Waals surface area contributed by atoms with Crippen LogP contribution in [0.2, 0.25) is 10.0 Å². The summed E-state index contributed by atoms with van der Waals surface area (Å²) in [5.41, 5.74) is 0.608. The SMILES string of the molecule is O=C(C=Cc1cccc(Cl)c1Cl)NC1COCC1C(=O)O. The zero-order valence-electron chi connectivity index (χ0n) is 10.9. The third-order valence-corrected chi connectivity index (χ3v) is 3.95. The van der Waals surface area contributed by atoms with E-state index >= 15 is 0 Å². The fourth-order valence-corrected chi connectivity index (χ4v) is 2.36. The van der Waals surface area contributed by atoms with Crippen LogP contribution < -0.4 is 5.32 Å². The van der Waals surface area contributed by atoms with E-state index < -0.39 is 23.8 Å². The highest BCUT2D eigenvalue weighted by molar-refractivity contribution is 6.42. The van der Waals surface area contributed by atoms with Crippen molar-refractivity contribution < 1.29 is 19.4 Å². The zero-order valence-corrected chi connectivity index (χ0v) is 12.4. The van der Waals surface area contributed by atoms with Crippen LogP contribution in [0.5, 0.6) is 0 Å². The number of rotatable bonds is 4. The summed E-state index contributed by atoms with van der Waals surface area (Å²) < 4.78 is 5.07. The summed E-state index contributed by atoms with van der Waals surface area (Å²) in [5, 5.41) is 12.4. The highest BCUT2D eigenvalue weighted by Gasteiger charge is 2.34. The van der Waals surface area contributed by atoms with E-state index in [0.29, 0.717) is 15.6 Å². The molecule has 1 fully saturated rings. The van der Waals surface area contributed by atoms with Crippen LogP contribution in [-0.2, 0) is 14.3 Å². The molecular formula is C14H13Cl2NO4. The minimum Gasteiger partial charge on any atom is -0.481 e. The summed E-state index contributed by atoms with van der Waals surface area (Å²) in [6, 6.07) is 4.55. The van der Waals surface area contributed by atoms with E-state index in [1.165, 1.54) is 12.2 Å². The molecule has 0 saturated carbocycles. The van der Waals surface area contributed by atoms with Crippen LogP contribution in [0.15, 0.2) is 24.3 Å². The Balaban J connectivity index is 2.00. The molecule has 2 unspecified atom stereocenters. The maximum atomic E-state index is 11.8. The van der Waals surface area contributed by atoms with Crippen molar-refractivity contribution in [2.75, 3.05) is 13.2 Å². The van der Waals surface area contributed by atoms with Crippen molar-refractivity contribution in [3.8, 4) is 0 Å². The van der Waals surface area contributed by atoms with Gasteiger partial charge in [0.25, 0.3) is 0 Å². The molecule has 5 nitrogen and oxygen atoms in total. The van der Waals surface area contributed by atoms with Crippen LogP contribution in [0, 0.1) is 5.92 Å². The second-order valence-electron chi connectivity index (χ2n) is 4.57. The van der Waals surface area contributed by atoms with Crippen LogP contribution in [0.1, 0.15) is 5.56 Å². The molecule has 1 amide bonds. The molecule has 2 N–H and O–H groups in total. The number of aliphatic carboxylic acids is 1. The summed E-state index contributed by atoms with van der Waals surface area (Å²) >= 11 is 11.9. The van der Waals surface area contributed by atoms with E-state index in [-0.39, 0.29) is 13.2 Å². The topological polar surface area (TPSA) is 75.6 Å². The van der Waals surface area contributed by atoms with Gasteiger partial charge in [-0.2, -0.15) is 0 Å². The minimum absolute atomic E-state index is 0.101. The molecule has 112 valence electrons. The molecule has 2 rings (SSSR count). The Hall–Kier alpha value is -1.56. The molecule has 1 heterocycles. The van der Waals surface area contributed by atoms with E-state index in [4.69, 9.17) is 33.0 Å². The molecule has 0 radical (unpaired) electrons. The highest BCUT2D eigenvalue weighted by atomic mass is 35.5. The van der Waals surface area contributed by atoms with Gasteiger partial charge in [-0.25, -0.2) is 0 Å². The standard InChI is InChI=1S/C14H13Cl2NO4/c15-10-3-1-2-8(13(10)16)4-5-12(18)17-11-7-21-6-9(11)14(19)20/h1-5,9,11H,6-7H2,(H,17,18)(H,19,20). The van der Waals surface area contributed by atoms with Crippen molar-refractivity contribution in [2.45, 2.75) is 6.04 Å². The number of nitrogens with one attached hydrogen (secondary N) is 1. The minimum atomic E-state index is -0.986. The summed E-state index contributed by atoms with van der Waals surface area (Å²) in [5.74, 6) is -2.12. The van der Waals surface area contributed by atoms with E-state index in [1.54, 1.807) is 18.2 Å². The molecule has 0 bridgehead atoms. The number of hydrogen-bond acceptors (Lipinski definition) is 3. The van der Waals surface area contributed by atoms with E-state index in [2.05, 4.69) is 5.32 Å². The number of carbonyl (C=O) groups excluding carboxylic acids is 1. The van der Waals surface area contributed by atoms with Crippen molar-refractivity contribution >= 4 is 41.2 Å². The largest absolute Gasteiger partial charge is 0.481 e. The molecule has 0 aliphatic carbocycles. The smallest absolute Gasteiger partial charge is 0.311 e. The Morgan fingerprint density at radius 1 is 1.33 bits per heavy atom. The summed E-state index contributed by atoms with van der Waals surface area (Å²) in [6.45, 7) is 0.290. The van der Waals surface area contributed by atoms with Gasteiger partial charge in [0, 0.05) is 6.08 Å². The zero-order chi connectivity index (χ0) is 15.4. The lowest BCUT2D eigenvalue weighted by Gasteiger charge is -2.14. The van der Waals surface area contributed by atoms with Gasteiger partial charge in [-0.1, -0.05) is 35.3 Å². The number of benzene rings is 1. The maximum absolute atomic E-state index is 11.8. The fourth-order valence-electron chi connectivity index (χ4n) is 1.99. The molecule has 1 aromatic rings. The molecule has 0 aromatic heterocycles. The van der Waals surface area contributed by atoms with Gasteiger partial charge in [0.05, 0.1) is 29.3 Å². The Kier molecular flexibility index (Phi) is 5.22. The second-order valence-corrected chi connectivity index (χ2v) is 5.36. The van der Waals surface area contributed by atoms with Crippen molar-refractivity contribution in [1.29, 1.82) is 0 Å². The Bertz CT molecular complexity index is 588. The third-order valence-electron chi connectivity index (χ3n) is 3.12. The second kappa shape index (κ2) is 6.93. The van der Waals surface area contributed by atoms with Crippen molar-refractivity contribution in [3.05, 3.63) is 39.9 Å². The van der Waals surface area contributed by atoms with E-state index in [9.17, 15) is 9.59 Å². The van der Waals surface area contributed by atoms with Gasteiger partial charge in [-0.05, 0) is 17.7 Å². The van der Waals surface area contributed by atoms with E-state index in [1.807, 2.05) is 0 Å². The summed E-state index contributed by atoms with van der Waals surface area (Å²) in [6.07, 6.45) is 2.81. The number of carboxylic acids is 1. The lowest BCUT2D eigenvalue weighted by molar-refractivity contribution is -0.142. The third kappa shape index (κ3) is 3.97. The van der Waals surface area contributed by atoms with Crippen molar-refractivity contribution in [3.63, 3.8) is 0 Å². The Morgan fingerprint density at radius 2 is 2.10 bits per heavy atom. The van der Waals surface area contributed by atoms with Crippen molar-refractivity contribution in [2.24, 2.45) is 5.92 Å². The van der Waals surface area contributed by atoms with Gasteiger partial charge < -0.3 is 15.2 Å². The van der Waals surface area contributed by atoms with Gasteiger partial charge in [0.1, 0.15) is 5.92 Å². The van der Waals surface area contributed by atoms with Gasteiger partial charge in [-0.3, -0.25) is 9.59 Å². The van der Waals surface area contributed by atoms with Gasteiger partial charge in [-0.15, -0.1) is 0 Å². The lowest BCUT2D eigenvalue weighted by Crippen LogP contribution is -2.41. The van der Waals surface area contributed by atoms with Crippen LogP contribution in [0.25, 0.3) is 6.08 Å². The Morgan fingerprint density at radius 3 is 2.81 bits per heavy atom. The first-order valence-electron chi connectivity index (χ1n) is 6.22. The predicted molar refractivity (Wildman–Crippen MR) is 79.4 cm³/mol. The fraction of sp³-hybridized carbons (Fsp3) is 0.286. The highest BCUT2D eigenvalue weighted by Crippen LogP contribution is 2.26. The first kappa shape index (κ1) is 15.8. The van der Waals surface area contributed by atoms with Crippen LogP contribution in [0.4, 0.5) is 0 Å². The van der Waals surface area contributed by atoms with Crippen LogP contribution >= 0.6 is 23.2 Å². The number of carbonyl (C=O) groups is 2. The molecule has 21 heavy (non-hydrogen) atoms. The molecule has 0 spiro atoms. The van der Waals surface area contributed by atoms with E-state index in [0.717, 1.165) is 0 Å². The first-order valence-corrected chi connectivity index (χ1v) is 6.97. The lowest BCUT2D eigenvalue weighted by atomic mass is 10.0. The normalized spacial score (nSPS) is 21.6. The van der Waals surface area contributed by atoms with Gasteiger partial charge >= 0.3 is 5.97 Å². The van der Waals surface area contributed by atoms with Gasteiger partial charge in [0.15, 0.2) is 0 Å². The molecular weight excluding hydrogens is 317 g/mol.